The van der Waals surface area contributed by atoms with Crippen molar-refractivity contribution in [1.82, 2.24) is 4.90 Å². The Morgan fingerprint density at radius 2 is 1.80 bits per heavy atom. The Morgan fingerprint density at radius 3 is 2.43 bits per heavy atom. The number of benzene rings is 1. The van der Waals surface area contributed by atoms with E-state index in [0.29, 0.717) is 31.7 Å². The van der Waals surface area contributed by atoms with Crippen molar-refractivity contribution in [2.75, 3.05) is 44.3 Å². The Morgan fingerprint density at radius 1 is 1.13 bits per heavy atom. The monoisotopic (exact) mass is 417 g/mol. The Balaban J connectivity index is 1.51. The van der Waals surface area contributed by atoms with E-state index in [2.05, 4.69) is 4.90 Å². The smallest absolute Gasteiger partial charge is 0.415 e. The van der Waals surface area contributed by atoms with Crippen molar-refractivity contribution in [3.8, 4) is 0 Å². The van der Waals surface area contributed by atoms with E-state index in [4.69, 9.17) is 19.6 Å². The van der Waals surface area contributed by atoms with Gasteiger partial charge in [-0.2, -0.15) is 0 Å². The third kappa shape index (κ3) is 5.30. The summed E-state index contributed by atoms with van der Waals surface area (Å²) in [6, 6.07) is 7.23. The molecule has 2 saturated heterocycles. The number of nitrogens with zero attached hydrogens (tertiary/aromatic N) is 2. The quantitative estimate of drug-likeness (QED) is 0.397. The van der Waals surface area contributed by atoms with Crippen molar-refractivity contribution in [3.05, 3.63) is 29.8 Å². The lowest BCUT2D eigenvalue weighted by Crippen LogP contribution is -2.47. The largest absolute Gasteiger partial charge is 0.478 e. The summed E-state index contributed by atoms with van der Waals surface area (Å²) in [6.45, 7) is 7.59. The lowest BCUT2D eigenvalue weighted by Gasteiger charge is -2.37. The highest BCUT2D eigenvalue weighted by molar-refractivity contribution is 5.94. The summed E-state index contributed by atoms with van der Waals surface area (Å²) in [5.74, 6) is -0.0198. The van der Waals surface area contributed by atoms with Crippen LogP contribution in [0.4, 0.5) is 10.5 Å². The predicted octanol–water partition coefficient (Wildman–Crippen LogP) is 3.18. The maximum atomic E-state index is 12.5. The number of likely N-dealkylation sites (tertiary alicyclic amines) is 1. The molecule has 2 fully saturated rings. The molecule has 164 valence electrons. The van der Waals surface area contributed by atoms with Crippen molar-refractivity contribution in [3.63, 3.8) is 0 Å². The molecule has 1 aromatic rings. The van der Waals surface area contributed by atoms with Crippen LogP contribution in [0.25, 0.3) is 0 Å². The number of ether oxygens (including phenoxy) is 3. The second-order valence-electron chi connectivity index (χ2n) is 7.70. The third-order valence-corrected chi connectivity index (χ3v) is 5.63. The van der Waals surface area contributed by atoms with Crippen molar-refractivity contribution >= 4 is 23.6 Å². The van der Waals surface area contributed by atoms with Gasteiger partial charge in [-0.15, -0.1) is 0 Å². The molecule has 3 rings (SSSR count). The van der Waals surface area contributed by atoms with Crippen LogP contribution in [0.15, 0.2) is 24.3 Å². The second kappa shape index (κ2) is 9.93. The molecule has 1 spiro atoms. The van der Waals surface area contributed by atoms with Gasteiger partial charge in [-0.1, -0.05) is 0 Å². The first kappa shape index (κ1) is 22.1. The highest BCUT2D eigenvalue weighted by Gasteiger charge is 2.47. The lowest BCUT2D eigenvalue weighted by atomic mass is 9.91. The van der Waals surface area contributed by atoms with Gasteiger partial charge in [0.05, 0.1) is 19.8 Å². The maximum absolute atomic E-state index is 12.5. The van der Waals surface area contributed by atoms with Gasteiger partial charge in [0.2, 0.25) is 5.90 Å². The Kier molecular flexibility index (Phi) is 7.31. The minimum Gasteiger partial charge on any atom is -0.478 e. The van der Waals surface area contributed by atoms with Crippen LogP contribution in [-0.2, 0) is 19.0 Å². The zero-order valence-corrected chi connectivity index (χ0v) is 17.8. The first-order valence-corrected chi connectivity index (χ1v) is 10.7. The van der Waals surface area contributed by atoms with Crippen LogP contribution >= 0.6 is 0 Å². The summed E-state index contributed by atoms with van der Waals surface area (Å²) >= 11 is 0. The van der Waals surface area contributed by atoms with Crippen LogP contribution in [0.2, 0.25) is 0 Å². The molecule has 1 amide bonds. The Labute approximate surface area is 177 Å². The number of nitrogens with one attached hydrogen (secondary N) is 1. The summed E-state index contributed by atoms with van der Waals surface area (Å²) in [7, 11) is 0. The molecule has 0 radical (unpaired) electrons. The van der Waals surface area contributed by atoms with Crippen LogP contribution in [0, 0.1) is 5.41 Å². The molecule has 0 aliphatic carbocycles. The molecule has 30 heavy (non-hydrogen) atoms. The van der Waals surface area contributed by atoms with E-state index in [9.17, 15) is 9.59 Å². The van der Waals surface area contributed by atoms with Gasteiger partial charge in [0, 0.05) is 43.6 Å². The van der Waals surface area contributed by atoms with Crippen molar-refractivity contribution in [2.24, 2.45) is 0 Å². The molecule has 2 aliphatic heterocycles. The predicted molar refractivity (Wildman–Crippen MR) is 113 cm³/mol. The van der Waals surface area contributed by atoms with Gasteiger partial charge in [-0.05, 0) is 51.1 Å². The molecule has 0 atom stereocenters. The molecule has 8 heteroatoms. The van der Waals surface area contributed by atoms with E-state index in [1.54, 1.807) is 17.0 Å². The van der Waals surface area contributed by atoms with Gasteiger partial charge in [0.15, 0.2) is 0 Å². The fourth-order valence-electron chi connectivity index (χ4n) is 3.97. The Hall–Kier alpha value is -2.61. The number of rotatable bonds is 8. The molecule has 0 saturated carbocycles. The molecule has 0 bridgehead atoms. The number of esters is 1. The van der Waals surface area contributed by atoms with Crippen molar-refractivity contribution < 1.29 is 23.8 Å². The van der Waals surface area contributed by atoms with Gasteiger partial charge in [-0.3, -0.25) is 15.1 Å². The van der Waals surface area contributed by atoms with Gasteiger partial charge in [-0.25, -0.2) is 4.79 Å². The van der Waals surface area contributed by atoms with Crippen LogP contribution in [-0.4, -0.2) is 67.9 Å². The number of hydrogen-bond donors (Lipinski definition) is 1. The summed E-state index contributed by atoms with van der Waals surface area (Å²) in [4.78, 5) is 28.0. The van der Waals surface area contributed by atoms with E-state index in [1.165, 1.54) is 0 Å². The van der Waals surface area contributed by atoms with E-state index < -0.39 is 5.60 Å². The standard InChI is InChI=1S/C22H31N3O5/c1-3-28-19(26)6-5-13-24-14-11-22(12-15-24)16-25(21(27)30-22)18-9-7-17(8-10-18)20(23)29-4-2/h7-10,23H,3-6,11-16H2,1-2H3. The van der Waals surface area contributed by atoms with Gasteiger partial charge >= 0.3 is 12.1 Å². The SMILES string of the molecule is CCOC(=N)c1ccc(N2CC3(CCN(CCCC(=O)OCC)CC3)OC2=O)cc1. The average molecular weight is 418 g/mol. The van der Waals surface area contributed by atoms with Crippen molar-refractivity contribution in [2.45, 2.75) is 45.1 Å². The fraction of sp³-hybridized carbons (Fsp3) is 0.591. The first-order valence-electron chi connectivity index (χ1n) is 10.7. The lowest BCUT2D eigenvalue weighted by molar-refractivity contribution is -0.143. The summed E-state index contributed by atoms with van der Waals surface area (Å²) in [5, 5.41) is 7.86. The summed E-state index contributed by atoms with van der Waals surface area (Å²) in [6.07, 6.45) is 2.46. The molecule has 2 heterocycles. The van der Waals surface area contributed by atoms with Crippen LogP contribution < -0.4 is 4.90 Å². The Bertz CT molecular complexity index is 757. The number of amides is 1. The minimum absolute atomic E-state index is 0.125. The topological polar surface area (TPSA) is 92.2 Å². The van der Waals surface area contributed by atoms with Crippen LogP contribution in [0.5, 0.6) is 0 Å². The van der Waals surface area contributed by atoms with E-state index >= 15 is 0 Å². The maximum Gasteiger partial charge on any atom is 0.415 e. The first-order chi connectivity index (χ1) is 14.5. The molecule has 8 nitrogen and oxygen atoms in total. The molecule has 0 aromatic heterocycles. The summed E-state index contributed by atoms with van der Waals surface area (Å²) < 4.78 is 16.0. The molecule has 2 aliphatic rings. The van der Waals surface area contributed by atoms with Crippen molar-refractivity contribution in [1.29, 1.82) is 5.41 Å². The van der Waals surface area contributed by atoms with Gasteiger partial charge in [0.25, 0.3) is 0 Å². The minimum atomic E-state index is -0.453. The number of carbonyl (C=O) groups excluding carboxylic acids is 2. The molecular weight excluding hydrogens is 386 g/mol. The number of hydrogen-bond acceptors (Lipinski definition) is 7. The molecular formula is C22H31N3O5. The zero-order valence-electron chi connectivity index (χ0n) is 17.8. The number of carbonyl (C=O) groups is 2. The molecule has 0 unspecified atom stereocenters. The highest BCUT2D eigenvalue weighted by Crippen LogP contribution is 2.35. The fourth-order valence-corrected chi connectivity index (χ4v) is 3.97. The van der Waals surface area contributed by atoms with Gasteiger partial charge in [0.1, 0.15) is 5.60 Å². The number of piperidine rings is 1. The van der Waals surface area contributed by atoms with E-state index in [1.807, 2.05) is 26.0 Å². The van der Waals surface area contributed by atoms with E-state index in [0.717, 1.165) is 44.6 Å². The summed E-state index contributed by atoms with van der Waals surface area (Å²) in [5.41, 5.74) is 0.992. The number of anilines is 1. The van der Waals surface area contributed by atoms with Crippen LogP contribution in [0.1, 0.15) is 45.1 Å². The second-order valence-corrected chi connectivity index (χ2v) is 7.70. The van der Waals surface area contributed by atoms with Crippen LogP contribution in [0.3, 0.4) is 0 Å². The molecule has 1 N–H and O–H groups in total. The van der Waals surface area contributed by atoms with E-state index in [-0.39, 0.29) is 18.0 Å². The normalized spacial score (nSPS) is 18.3. The molecule has 1 aromatic carbocycles. The third-order valence-electron chi connectivity index (χ3n) is 5.63. The average Bonchev–Trinajstić information content (AvgIpc) is 3.06. The highest BCUT2D eigenvalue weighted by atomic mass is 16.6. The van der Waals surface area contributed by atoms with Gasteiger partial charge < -0.3 is 19.1 Å². The zero-order chi connectivity index (χ0) is 21.6.